The van der Waals surface area contributed by atoms with Gasteiger partial charge >= 0.3 is 0 Å². The third kappa shape index (κ3) is 6.08. The van der Waals surface area contributed by atoms with Crippen LogP contribution < -0.4 is 26.2 Å². The van der Waals surface area contributed by atoms with Gasteiger partial charge in [-0.2, -0.15) is 0 Å². The Kier molecular flexibility index (Phi) is 8.65. The number of para-hydroxylation sites is 1. The zero-order valence-electron chi connectivity index (χ0n) is 40.9. The van der Waals surface area contributed by atoms with Crippen LogP contribution in [0.15, 0.2) is 138 Å². The monoisotopic (exact) mass is 863 g/mol. The van der Waals surface area contributed by atoms with E-state index in [0.717, 1.165) is 36.4 Å². The van der Waals surface area contributed by atoms with Crippen LogP contribution in [0.4, 0.5) is 34.3 Å². The molecule has 0 unspecified atom stereocenters. The van der Waals surface area contributed by atoms with Gasteiger partial charge in [0.05, 0.1) is 0 Å². The molecular weight excluding hydrogens is 800 g/mol. The van der Waals surface area contributed by atoms with Crippen LogP contribution in [0.3, 0.4) is 0 Å². The van der Waals surface area contributed by atoms with E-state index < -0.39 is 0 Å². The second-order valence-electron chi connectivity index (χ2n) is 23.9. The third-order valence-corrected chi connectivity index (χ3v) is 16.7. The number of benzene rings is 7. The molecule has 0 bridgehead atoms. The summed E-state index contributed by atoms with van der Waals surface area (Å²) in [6.07, 6.45) is 4.66. The van der Waals surface area contributed by atoms with Crippen LogP contribution in [-0.4, -0.2) is 6.71 Å². The normalized spacial score (nSPS) is 18.4. The summed E-state index contributed by atoms with van der Waals surface area (Å²) in [6.45, 7) is 26.6. The molecule has 330 valence electrons. The summed E-state index contributed by atoms with van der Waals surface area (Å²) in [5.74, 6) is 0.913. The number of hydrogen-bond acceptors (Lipinski definition) is 3. The molecule has 0 radical (unpaired) electrons. The first-order valence-corrected chi connectivity index (χ1v) is 24.5. The molecule has 0 fully saturated rings. The number of fused-ring (bicyclic) bond motifs is 9. The Morgan fingerprint density at radius 3 is 1.76 bits per heavy atom. The van der Waals surface area contributed by atoms with Gasteiger partial charge in [-0.25, -0.2) is 0 Å². The maximum atomic E-state index is 7.31. The summed E-state index contributed by atoms with van der Waals surface area (Å²) < 4.78 is 7.31. The molecule has 0 amide bonds. The molecule has 4 aliphatic rings. The van der Waals surface area contributed by atoms with E-state index in [4.69, 9.17) is 4.42 Å². The van der Waals surface area contributed by atoms with Gasteiger partial charge in [0, 0.05) is 39.3 Å². The zero-order chi connectivity index (χ0) is 45.9. The first-order valence-electron chi connectivity index (χ1n) is 24.5. The SMILES string of the molecule is CC(C)(C)c1ccc2oc3c(c2c1)B1c2cc4c(cc2N(c2ccc5c(c2)C(C)(C)CCC5(C)C)c2cc(-c5ccc6ccccc6c5)cc(c21)N3c1ccccc1)C(C)(C)CCC4(C)C. The number of furan rings is 1. The van der Waals surface area contributed by atoms with E-state index in [1.54, 1.807) is 0 Å². The molecule has 0 spiro atoms. The van der Waals surface area contributed by atoms with Crippen molar-refractivity contribution in [2.45, 2.75) is 129 Å². The fraction of sp³-hybridized carbons (Fsp3) is 0.323. The highest BCUT2D eigenvalue weighted by molar-refractivity contribution is 7.01. The maximum absolute atomic E-state index is 7.31. The largest absolute Gasteiger partial charge is 0.440 e. The van der Waals surface area contributed by atoms with Gasteiger partial charge in [-0.3, -0.25) is 4.90 Å². The van der Waals surface area contributed by atoms with Gasteiger partial charge in [0.25, 0.3) is 6.71 Å². The summed E-state index contributed by atoms with van der Waals surface area (Å²) >= 11 is 0. The quantitative estimate of drug-likeness (QED) is 0.165. The summed E-state index contributed by atoms with van der Waals surface area (Å²) in [6, 6.07) is 51.4. The van der Waals surface area contributed by atoms with Crippen molar-refractivity contribution in [3.63, 3.8) is 0 Å². The molecule has 2 aliphatic heterocycles. The molecule has 0 N–H and O–H groups in total. The minimum Gasteiger partial charge on any atom is -0.440 e. The van der Waals surface area contributed by atoms with Gasteiger partial charge in [-0.15, -0.1) is 0 Å². The average molecular weight is 863 g/mol. The fourth-order valence-electron chi connectivity index (χ4n) is 12.4. The summed E-state index contributed by atoms with van der Waals surface area (Å²) in [5, 5.41) is 3.69. The van der Waals surface area contributed by atoms with Gasteiger partial charge in [-0.05, 0) is 174 Å². The van der Waals surface area contributed by atoms with Crippen LogP contribution in [0.1, 0.15) is 130 Å². The first-order chi connectivity index (χ1) is 31.3. The van der Waals surface area contributed by atoms with Crippen LogP contribution in [0.5, 0.6) is 0 Å². The number of anilines is 6. The summed E-state index contributed by atoms with van der Waals surface area (Å²) in [5.41, 5.74) is 20.7. The molecule has 4 heteroatoms. The topological polar surface area (TPSA) is 19.6 Å². The highest BCUT2D eigenvalue weighted by Gasteiger charge is 2.49. The lowest BCUT2D eigenvalue weighted by molar-refractivity contribution is 0.332. The van der Waals surface area contributed by atoms with Crippen molar-refractivity contribution in [2.24, 2.45) is 0 Å². The smallest absolute Gasteiger partial charge is 0.257 e. The Morgan fingerprint density at radius 1 is 0.470 bits per heavy atom. The van der Waals surface area contributed by atoms with Crippen molar-refractivity contribution in [1.29, 1.82) is 0 Å². The molecule has 12 rings (SSSR count). The maximum Gasteiger partial charge on any atom is 0.257 e. The lowest BCUT2D eigenvalue weighted by atomic mass is 9.33. The van der Waals surface area contributed by atoms with E-state index in [1.165, 1.54) is 101 Å². The van der Waals surface area contributed by atoms with E-state index >= 15 is 0 Å². The second-order valence-corrected chi connectivity index (χ2v) is 23.9. The van der Waals surface area contributed by atoms with Gasteiger partial charge in [0.2, 0.25) is 5.88 Å². The first kappa shape index (κ1) is 41.4. The van der Waals surface area contributed by atoms with Gasteiger partial charge in [0.15, 0.2) is 0 Å². The van der Waals surface area contributed by atoms with Crippen molar-refractivity contribution in [3.05, 3.63) is 161 Å². The van der Waals surface area contributed by atoms with Crippen molar-refractivity contribution in [2.75, 3.05) is 9.80 Å². The van der Waals surface area contributed by atoms with Crippen molar-refractivity contribution >= 4 is 79.2 Å². The lowest BCUT2D eigenvalue weighted by Gasteiger charge is -2.47. The van der Waals surface area contributed by atoms with Crippen molar-refractivity contribution < 1.29 is 4.42 Å². The third-order valence-electron chi connectivity index (χ3n) is 16.7. The molecule has 0 saturated heterocycles. The van der Waals surface area contributed by atoms with E-state index in [9.17, 15) is 0 Å². The minimum atomic E-state index is -0.0718. The van der Waals surface area contributed by atoms with Crippen LogP contribution in [0.25, 0.3) is 32.9 Å². The number of hydrogen-bond donors (Lipinski definition) is 0. The number of rotatable bonds is 3. The lowest BCUT2D eigenvalue weighted by Crippen LogP contribution is -2.61. The van der Waals surface area contributed by atoms with Crippen molar-refractivity contribution in [1.82, 2.24) is 0 Å². The molecule has 66 heavy (non-hydrogen) atoms. The molecular formula is C62H63BN2O. The molecule has 8 aromatic rings. The van der Waals surface area contributed by atoms with Crippen LogP contribution in [0, 0.1) is 0 Å². The predicted molar refractivity (Wildman–Crippen MR) is 282 cm³/mol. The van der Waals surface area contributed by atoms with E-state index in [-0.39, 0.29) is 33.8 Å². The second kappa shape index (κ2) is 13.8. The molecule has 0 saturated carbocycles. The van der Waals surface area contributed by atoms with Gasteiger partial charge < -0.3 is 9.32 Å². The average Bonchev–Trinajstić information content (AvgIpc) is 3.67. The molecule has 3 heterocycles. The highest BCUT2D eigenvalue weighted by Crippen LogP contribution is 2.53. The molecule has 3 nitrogen and oxygen atoms in total. The molecule has 0 atom stereocenters. The van der Waals surface area contributed by atoms with Crippen LogP contribution in [0.2, 0.25) is 0 Å². The van der Waals surface area contributed by atoms with E-state index in [2.05, 4.69) is 219 Å². The summed E-state index contributed by atoms with van der Waals surface area (Å²) in [4.78, 5) is 5.13. The Bertz CT molecular complexity index is 3320. The van der Waals surface area contributed by atoms with E-state index in [0.29, 0.717) is 0 Å². The predicted octanol–water partition coefficient (Wildman–Crippen LogP) is 15.3. The molecule has 7 aromatic carbocycles. The highest BCUT2D eigenvalue weighted by atomic mass is 16.4. The fourth-order valence-corrected chi connectivity index (χ4v) is 12.4. The zero-order valence-corrected chi connectivity index (χ0v) is 40.9. The Labute approximate surface area is 392 Å². The Balaban J connectivity index is 1.25. The van der Waals surface area contributed by atoms with Crippen molar-refractivity contribution in [3.8, 4) is 11.1 Å². The van der Waals surface area contributed by atoms with Crippen LogP contribution in [-0.2, 0) is 27.1 Å². The Morgan fingerprint density at radius 2 is 1.08 bits per heavy atom. The van der Waals surface area contributed by atoms with E-state index in [1.807, 2.05) is 0 Å². The Hall–Kier alpha value is -6.00. The van der Waals surface area contributed by atoms with Gasteiger partial charge in [0.1, 0.15) is 5.58 Å². The minimum absolute atomic E-state index is 0.0254. The van der Waals surface area contributed by atoms with Crippen LogP contribution >= 0.6 is 0 Å². The summed E-state index contributed by atoms with van der Waals surface area (Å²) in [7, 11) is 0. The standard InChI is InChI=1S/C62H63BN2O/c1-58(2,3)42-23-26-54-45(34-42)55-57(66-54)65(43-19-13-12-14-20-43)53-33-41(40-22-21-38-17-15-16-18-39(38)31-40)32-52-56(53)63(55)50-36-48-49(62(10,11)30-29-61(48,8)9)37-51(50)64(52)44-24-25-46-47(35-44)60(6,7)28-27-59(46,4)5/h12-26,31-37H,27-30H2,1-11H3. The molecule has 2 aliphatic carbocycles. The van der Waals surface area contributed by atoms with Gasteiger partial charge in [-0.1, -0.05) is 149 Å². The molecule has 1 aromatic heterocycles. The number of nitrogens with zero attached hydrogens (tertiary/aromatic N) is 2.